The number of H-pyrrole nitrogens is 1. The number of hydrogen-bond acceptors (Lipinski definition) is 17. The van der Waals surface area contributed by atoms with E-state index in [4.69, 9.17) is 17.2 Å². The fourth-order valence-electron chi connectivity index (χ4n) is 10.0. The Balaban J connectivity index is 1.38. The summed E-state index contributed by atoms with van der Waals surface area (Å²) < 4.78 is 0. The number of carboxylic acids is 2. The van der Waals surface area contributed by atoms with Crippen LogP contribution in [0, 0.1) is 5.92 Å². The Morgan fingerprint density at radius 1 is 0.576 bits per heavy atom. The molecule has 5 rings (SSSR count). The molecule has 1 saturated heterocycles. The normalized spacial score (nSPS) is 16.0. The molecule has 19 N–H and O–H groups in total. The third-order valence-electron chi connectivity index (χ3n) is 14.7. The maximum atomic E-state index is 14.9. The van der Waals surface area contributed by atoms with Crippen LogP contribution in [0.1, 0.15) is 88.1 Å². The van der Waals surface area contributed by atoms with Crippen LogP contribution in [-0.2, 0) is 88.0 Å². The van der Waals surface area contributed by atoms with Crippen LogP contribution in [0.5, 0.6) is 5.75 Å². The molecule has 0 bridgehead atoms. The molecule has 2 heterocycles. The highest BCUT2D eigenvalue weighted by molar-refractivity contribution is 6.00. The molecule has 496 valence electrons. The lowest BCUT2D eigenvalue weighted by Crippen LogP contribution is -2.62. The number of phenolic OH excluding ortho intramolecular Hbond substituents is 1. The van der Waals surface area contributed by atoms with Gasteiger partial charge in [-0.1, -0.05) is 86.6 Å². The SMILES string of the molecule is CC(C)C[C@H](N)C(=O)N[C@@H](CCC(N)=O)C(=O)N[C@@H](Cc1cnc[nH]1)C(=O)N[C@@H](CC(=O)O)C(=O)N[C@@H](CC(N)=O)C(=O)N[C@@H](Cc1ccccc1)C(=O)N1CCC[C@H]1C(=O)N[C@@H](Cc1ccc(O)cc1)C(=O)N[C@H](C(=O)N[C@@H](Cc1ccccc1)C(=O)O)[C@@H](C)O. The zero-order valence-corrected chi connectivity index (χ0v) is 50.9. The van der Waals surface area contributed by atoms with Gasteiger partial charge in [-0.3, -0.25) is 57.5 Å². The molecule has 1 fully saturated rings. The largest absolute Gasteiger partial charge is 0.508 e. The Morgan fingerprint density at radius 2 is 1.07 bits per heavy atom. The highest BCUT2D eigenvalue weighted by Crippen LogP contribution is 2.22. The second-order valence-corrected chi connectivity index (χ2v) is 22.7. The molecule has 1 aliphatic rings. The van der Waals surface area contributed by atoms with E-state index in [1.165, 1.54) is 43.7 Å². The number of likely N-dealkylation sites (tertiary alicyclic amines) is 1. The van der Waals surface area contributed by atoms with Crippen LogP contribution in [0.25, 0.3) is 0 Å². The molecule has 0 unspecified atom stereocenters. The maximum Gasteiger partial charge on any atom is 0.326 e. The number of aromatic amines is 1. The van der Waals surface area contributed by atoms with Gasteiger partial charge < -0.3 is 90.0 Å². The number of nitrogens with two attached hydrogens (primary N) is 3. The van der Waals surface area contributed by atoms with Crippen LogP contribution in [0.15, 0.2) is 97.5 Å². The molecule has 1 aliphatic heterocycles. The van der Waals surface area contributed by atoms with Gasteiger partial charge in [0.2, 0.25) is 65.0 Å². The van der Waals surface area contributed by atoms with Crippen molar-refractivity contribution in [3.63, 3.8) is 0 Å². The molecule has 0 radical (unpaired) electrons. The van der Waals surface area contributed by atoms with E-state index in [0.717, 1.165) is 4.90 Å². The molecular formula is C61H80N14O17. The van der Waals surface area contributed by atoms with Gasteiger partial charge in [0.1, 0.15) is 60.1 Å². The second kappa shape index (κ2) is 35.2. The number of phenols is 1. The number of nitrogens with zero attached hydrogens (tertiary/aromatic N) is 2. The fraction of sp³-hybridized carbons (Fsp3) is 0.443. The van der Waals surface area contributed by atoms with Crippen molar-refractivity contribution in [2.75, 3.05) is 6.54 Å². The monoisotopic (exact) mass is 1280 g/mol. The molecular weight excluding hydrogens is 1200 g/mol. The number of aliphatic hydroxyl groups is 1. The first-order valence-electron chi connectivity index (χ1n) is 29.6. The average molecular weight is 1280 g/mol. The standard InChI is InChI=1S/C61H80N14O17/c1-32(2)23-39(62)52(82)67-40(20-21-48(63)78)53(83)68-42(27-37-30-65-31-66-37)54(84)70-44(29-50(80)81)56(86)69-43(28-49(64)79)55(85)72-45(25-34-11-6-4-7-12-34)60(90)75-22-10-15-47(75)58(88)71-41(24-36-16-18-38(77)19-17-36)57(87)74-51(33(3)76)59(89)73-46(61(91)92)26-35-13-8-5-9-14-35/h4-9,11-14,16-19,30-33,39-47,51,76-77H,10,15,20-29,62H2,1-3H3,(H2,63,78)(H2,64,79)(H,65,66)(H,67,82)(H,68,83)(H,69,86)(H,70,84)(H,71,88)(H,72,85)(H,73,89)(H,74,87)(H,80,81)(H,91,92)/t33-,39+,40+,41+,42+,43+,44+,45+,46+,47+,51+/m1/s1. The van der Waals surface area contributed by atoms with Crippen molar-refractivity contribution in [1.29, 1.82) is 0 Å². The van der Waals surface area contributed by atoms with Gasteiger partial charge >= 0.3 is 11.9 Å². The number of nitrogens with one attached hydrogen (secondary N) is 9. The predicted octanol–water partition coefficient (Wildman–Crippen LogP) is -3.29. The molecule has 92 heavy (non-hydrogen) atoms. The molecule has 11 atom stereocenters. The van der Waals surface area contributed by atoms with E-state index in [1.807, 2.05) is 13.8 Å². The van der Waals surface area contributed by atoms with E-state index in [0.29, 0.717) is 16.7 Å². The summed E-state index contributed by atoms with van der Waals surface area (Å²) >= 11 is 0. The Labute approximate surface area is 528 Å². The van der Waals surface area contributed by atoms with Gasteiger partial charge in [-0.05, 0) is 67.3 Å². The lowest BCUT2D eigenvalue weighted by molar-refractivity contribution is -0.143. The number of benzene rings is 3. The molecule has 31 nitrogen and oxygen atoms in total. The van der Waals surface area contributed by atoms with Gasteiger partial charge in [0.15, 0.2) is 0 Å². The highest BCUT2D eigenvalue weighted by atomic mass is 16.4. The van der Waals surface area contributed by atoms with E-state index >= 15 is 0 Å². The first-order chi connectivity index (χ1) is 43.6. The Kier molecular flexibility index (Phi) is 27.7. The Bertz CT molecular complexity index is 3230. The lowest BCUT2D eigenvalue weighted by Gasteiger charge is -2.31. The smallest absolute Gasteiger partial charge is 0.326 e. The number of aromatic nitrogens is 2. The third kappa shape index (κ3) is 23.3. The number of aromatic hydroxyl groups is 1. The number of amides is 11. The molecule has 0 aliphatic carbocycles. The molecule has 4 aromatic rings. The van der Waals surface area contributed by atoms with E-state index in [-0.39, 0.29) is 75.3 Å². The van der Waals surface area contributed by atoms with Gasteiger partial charge in [-0.2, -0.15) is 0 Å². The van der Waals surface area contributed by atoms with Crippen molar-refractivity contribution in [3.8, 4) is 5.75 Å². The minimum atomic E-state index is -2.06. The molecule has 11 amide bonds. The highest BCUT2D eigenvalue weighted by Gasteiger charge is 2.42. The van der Waals surface area contributed by atoms with Crippen molar-refractivity contribution in [3.05, 3.63) is 120 Å². The van der Waals surface area contributed by atoms with E-state index in [9.17, 15) is 82.8 Å². The fourth-order valence-corrected chi connectivity index (χ4v) is 10.0. The van der Waals surface area contributed by atoms with Gasteiger partial charge in [0.05, 0.1) is 31.3 Å². The first kappa shape index (κ1) is 72.4. The number of aliphatic carboxylic acids is 2. The van der Waals surface area contributed by atoms with Crippen molar-refractivity contribution < 1.29 is 82.8 Å². The first-order valence-corrected chi connectivity index (χ1v) is 29.6. The zero-order chi connectivity index (χ0) is 67.8. The average Bonchev–Trinajstić information content (AvgIpc) is 1.72. The summed E-state index contributed by atoms with van der Waals surface area (Å²) in [5.74, 6) is -14.6. The molecule has 1 aromatic heterocycles. The van der Waals surface area contributed by atoms with Crippen LogP contribution in [0.4, 0.5) is 0 Å². The summed E-state index contributed by atoms with van der Waals surface area (Å²) in [7, 11) is 0. The number of primary amides is 2. The van der Waals surface area contributed by atoms with E-state index < -0.39 is 163 Å². The number of aliphatic hydroxyl groups excluding tert-OH is 1. The zero-order valence-electron chi connectivity index (χ0n) is 50.9. The minimum Gasteiger partial charge on any atom is -0.508 e. The van der Waals surface area contributed by atoms with Gasteiger partial charge in [0, 0.05) is 50.5 Å². The number of rotatable bonds is 36. The molecule has 3 aromatic carbocycles. The van der Waals surface area contributed by atoms with E-state index in [2.05, 4.69) is 52.5 Å². The summed E-state index contributed by atoms with van der Waals surface area (Å²) in [4.78, 5) is 184. The topological polar surface area (TPSA) is 509 Å². The third-order valence-corrected chi connectivity index (χ3v) is 14.7. The quantitative estimate of drug-likeness (QED) is 0.0212. The van der Waals surface area contributed by atoms with Gasteiger partial charge in [-0.25, -0.2) is 9.78 Å². The summed E-state index contributed by atoms with van der Waals surface area (Å²) in [6, 6.07) is 6.07. The van der Waals surface area contributed by atoms with Crippen molar-refractivity contribution >= 4 is 76.9 Å². The lowest BCUT2D eigenvalue weighted by atomic mass is 10.0. The number of carbonyl (C=O) groups is 13. The van der Waals surface area contributed by atoms with Gasteiger partial charge in [-0.15, -0.1) is 0 Å². The van der Waals surface area contributed by atoms with Crippen LogP contribution >= 0.6 is 0 Å². The number of imidazole rings is 1. The van der Waals surface area contributed by atoms with Crippen LogP contribution in [-0.4, -0.2) is 185 Å². The van der Waals surface area contributed by atoms with Crippen LogP contribution in [0.2, 0.25) is 0 Å². The number of carbonyl (C=O) groups excluding carboxylic acids is 11. The molecule has 0 saturated carbocycles. The van der Waals surface area contributed by atoms with Crippen molar-refractivity contribution in [1.82, 2.24) is 57.4 Å². The van der Waals surface area contributed by atoms with Crippen molar-refractivity contribution in [2.24, 2.45) is 23.1 Å². The van der Waals surface area contributed by atoms with Gasteiger partial charge in [0.25, 0.3) is 0 Å². The van der Waals surface area contributed by atoms with E-state index in [1.54, 1.807) is 60.7 Å². The summed E-state index contributed by atoms with van der Waals surface area (Å²) in [5, 5.41) is 60.1. The summed E-state index contributed by atoms with van der Waals surface area (Å²) in [6.07, 6.45) is -2.54. The Hall–Kier alpha value is -10.3. The second-order valence-electron chi connectivity index (χ2n) is 22.7. The van der Waals surface area contributed by atoms with Crippen molar-refractivity contribution in [2.45, 2.75) is 158 Å². The van der Waals surface area contributed by atoms with Crippen LogP contribution < -0.4 is 59.7 Å². The minimum absolute atomic E-state index is 0.0108. The summed E-state index contributed by atoms with van der Waals surface area (Å²) in [6.45, 7) is 4.71. The summed E-state index contributed by atoms with van der Waals surface area (Å²) in [5.41, 5.74) is 18.6. The number of carboxylic acid groups (broad SMARTS) is 2. The number of hydrogen-bond donors (Lipinski definition) is 16. The molecule has 31 heteroatoms. The maximum absolute atomic E-state index is 14.9. The van der Waals surface area contributed by atoms with Crippen LogP contribution in [0.3, 0.4) is 0 Å². The Morgan fingerprint density at radius 3 is 1.60 bits per heavy atom. The molecule has 0 spiro atoms. The predicted molar refractivity (Wildman–Crippen MR) is 326 cm³/mol.